The number of H-pyrrole nitrogens is 1. The minimum Gasteiger partial charge on any atom is -0.326 e. The van der Waals surface area contributed by atoms with Crippen LogP contribution in [0.15, 0.2) is 24.3 Å². The highest BCUT2D eigenvalue weighted by Crippen LogP contribution is 2.39. The van der Waals surface area contributed by atoms with Gasteiger partial charge in [0, 0.05) is 17.8 Å². The number of rotatable bonds is 4. The SMILES string of the molecule is CCCN1C(=O)c2n[nH]c(C)c2C1c1ccc(C(C)C)cc1. The van der Waals surface area contributed by atoms with E-state index in [1.165, 1.54) is 5.56 Å². The standard InChI is InChI=1S/C18H23N3O/c1-5-10-21-17(14-8-6-13(7-9-14)11(2)3)15-12(4)19-20-16(15)18(21)22/h6-9,11,17H,5,10H2,1-4H3,(H,19,20). The number of fused-ring (bicyclic) bond motifs is 1. The number of carbonyl (C=O) groups is 1. The lowest BCUT2D eigenvalue weighted by molar-refractivity contribution is 0.0743. The molecule has 2 heterocycles. The number of aromatic amines is 1. The number of hydrogen-bond donors (Lipinski definition) is 1. The molecule has 22 heavy (non-hydrogen) atoms. The maximum absolute atomic E-state index is 12.6. The van der Waals surface area contributed by atoms with E-state index in [0.29, 0.717) is 11.6 Å². The number of amides is 1. The van der Waals surface area contributed by atoms with Gasteiger partial charge in [-0.1, -0.05) is 45.0 Å². The predicted molar refractivity (Wildman–Crippen MR) is 87.0 cm³/mol. The molecule has 0 spiro atoms. The number of nitrogens with one attached hydrogen (secondary N) is 1. The van der Waals surface area contributed by atoms with E-state index in [1.54, 1.807) is 0 Å². The Kier molecular flexibility index (Phi) is 3.77. The summed E-state index contributed by atoms with van der Waals surface area (Å²) < 4.78 is 0. The van der Waals surface area contributed by atoms with Gasteiger partial charge in [0.2, 0.25) is 0 Å². The summed E-state index contributed by atoms with van der Waals surface area (Å²) in [6.07, 6.45) is 0.944. The van der Waals surface area contributed by atoms with E-state index in [9.17, 15) is 4.79 Å². The molecular weight excluding hydrogens is 274 g/mol. The molecule has 4 nitrogen and oxygen atoms in total. The summed E-state index contributed by atoms with van der Waals surface area (Å²) in [6, 6.07) is 8.63. The topological polar surface area (TPSA) is 49.0 Å². The Balaban J connectivity index is 2.05. The molecule has 116 valence electrons. The van der Waals surface area contributed by atoms with Crippen LogP contribution in [0.3, 0.4) is 0 Å². The maximum Gasteiger partial charge on any atom is 0.275 e. The summed E-state index contributed by atoms with van der Waals surface area (Å²) in [5.74, 6) is 0.552. The predicted octanol–water partition coefficient (Wildman–Crippen LogP) is 3.80. The molecule has 3 rings (SSSR count). The van der Waals surface area contributed by atoms with Gasteiger partial charge in [0.15, 0.2) is 5.69 Å². The summed E-state index contributed by atoms with van der Waals surface area (Å²) in [4.78, 5) is 14.5. The molecule has 0 radical (unpaired) electrons. The first-order chi connectivity index (χ1) is 10.5. The van der Waals surface area contributed by atoms with Crippen LogP contribution in [0.2, 0.25) is 0 Å². The summed E-state index contributed by atoms with van der Waals surface area (Å²) in [5, 5.41) is 7.18. The van der Waals surface area contributed by atoms with Gasteiger partial charge in [-0.3, -0.25) is 9.89 Å². The zero-order valence-electron chi connectivity index (χ0n) is 13.7. The average Bonchev–Trinajstić information content (AvgIpc) is 3.00. The Morgan fingerprint density at radius 3 is 2.55 bits per heavy atom. The first-order valence-electron chi connectivity index (χ1n) is 8.00. The maximum atomic E-state index is 12.6. The third-order valence-corrected chi connectivity index (χ3v) is 4.43. The molecule has 0 aliphatic carbocycles. The largest absolute Gasteiger partial charge is 0.326 e. The molecule has 1 unspecified atom stereocenters. The Morgan fingerprint density at radius 1 is 1.27 bits per heavy atom. The molecule has 1 amide bonds. The minimum absolute atomic E-state index is 0.0117. The molecule has 1 aliphatic rings. The van der Waals surface area contributed by atoms with E-state index < -0.39 is 0 Å². The molecule has 0 saturated carbocycles. The van der Waals surface area contributed by atoms with Gasteiger partial charge in [0.05, 0.1) is 6.04 Å². The fourth-order valence-corrected chi connectivity index (χ4v) is 3.23. The van der Waals surface area contributed by atoms with E-state index in [-0.39, 0.29) is 11.9 Å². The van der Waals surface area contributed by atoms with Crippen LogP contribution in [0.4, 0.5) is 0 Å². The van der Waals surface area contributed by atoms with Crippen LogP contribution in [-0.2, 0) is 0 Å². The minimum atomic E-state index is -0.0117. The fraction of sp³-hybridized carbons (Fsp3) is 0.444. The summed E-state index contributed by atoms with van der Waals surface area (Å²) >= 11 is 0. The van der Waals surface area contributed by atoms with Gasteiger partial charge in [-0.2, -0.15) is 5.10 Å². The van der Waals surface area contributed by atoms with Crippen molar-refractivity contribution < 1.29 is 4.79 Å². The van der Waals surface area contributed by atoms with Crippen LogP contribution in [-0.4, -0.2) is 27.5 Å². The lowest BCUT2D eigenvalue weighted by Gasteiger charge is -2.26. The summed E-state index contributed by atoms with van der Waals surface area (Å²) in [6.45, 7) is 9.22. The van der Waals surface area contributed by atoms with Gasteiger partial charge in [0.25, 0.3) is 5.91 Å². The number of carbonyl (C=O) groups excluding carboxylic acids is 1. The summed E-state index contributed by atoms with van der Waals surface area (Å²) in [7, 11) is 0. The second kappa shape index (κ2) is 5.59. The van der Waals surface area contributed by atoms with Crippen molar-refractivity contribution >= 4 is 5.91 Å². The van der Waals surface area contributed by atoms with Crippen LogP contribution in [0.5, 0.6) is 0 Å². The van der Waals surface area contributed by atoms with Gasteiger partial charge < -0.3 is 4.90 Å². The monoisotopic (exact) mass is 297 g/mol. The third-order valence-electron chi connectivity index (χ3n) is 4.43. The van der Waals surface area contributed by atoms with E-state index in [2.05, 4.69) is 55.2 Å². The van der Waals surface area contributed by atoms with E-state index in [0.717, 1.165) is 29.8 Å². The number of hydrogen-bond acceptors (Lipinski definition) is 2. The molecule has 0 bridgehead atoms. The van der Waals surface area contributed by atoms with E-state index in [4.69, 9.17) is 0 Å². The van der Waals surface area contributed by atoms with Crippen LogP contribution in [0, 0.1) is 6.92 Å². The molecular formula is C18H23N3O. The Morgan fingerprint density at radius 2 is 1.95 bits per heavy atom. The van der Waals surface area contributed by atoms with Crippen LogP contribution in [0.25, 0.3) is 0 Å². The fourth-order valence-electron chi connectivity index (χ4n) is 3.23. The van der Waals surface area contributed by atoms with Crippen LogP contribution < -0.4 is 0 Å². The first-order valence-corrected chi connectivity index (χ1v) is 8.00. The van der Waals surface area contributed by atoms with Crippen LogP contribution >= 0.6 is 0 Å². The zero-order chi connectivity index (χ0) is 15.9. The Hall–Kier alpha value is -2.10. The molecule has 0 saturated heterocycles. The van der Waals surface area contributed by atoms with Crippen molar-refractivity contribution in [3.63, 3.8) is 0 Å². The number of aromatic nitrogens is 2. The smallest absolute Gasteiger partial charge is 0.275 e. The molecule has 1 aromatic carbocycles. The highest BCUT2D eigenvalue weighted by molar-refractivity contribution is 5.98. The molecule has 4 heteroatoms. The second-order valence-electron chi connectivity index (χ2n) is 6.33. The van der Waals surface area contributed by atoms with Crippen molar-refractivity contribution in [2.24, 2.45) is 0 Å². The van der Waals surface area contributed by atoms with Gasteiger partial charge in [0.1, 0.15) is 0 Å². The zero-order valence-corrected chi connectivity index (χ0v) is 13.7. The van der Waals surface area contributed by atoms with Gasteiger partial charge in [-0.15, -0.1) is 0 Å². The van der Waals surface area contributed by atoms with Crippen molar-refractivity contribution in [3.8, 4) is 0 Å². The summed E-state index contributed by atoms with van der Waals surface area (Å²) in [5.41, 5.74) is 5.09. The van der Waals surface area contributed by atoms with E-state index in [1.807, 2.05) is 11.8 Å². The first kappa shape index (κ1) is 14.8. The number of nitrogens with zero attached hydrogens (tertiary/aromatic N) is 2. The molecule has 1 atom stereocenters. The lowest BCUT2D eigenvalue weighted by Crippen LogP contribution is -2.30. The number of benzene rings is 1. The number of aryl methyl sites for hydroxylation is 1. The van der Waals surface area contributed by atoms with Gasteiger partial charge >= 0.3 is 0 Å². The lowest BCUT2D eigenvalue weighted by atomic mass is 9.95. The van der Waals surface area contributed by atoms with Crippen molar-refractivity contribution in [2.45, 2.75) is 46.1 Å². The molecule has 1 aromatic heterocycles. The average molecular weight is 297 g/mol. The second-order valence-corrected chi connectivity index (χ2v) is 6.33. The highest BCUT2D eigenvalue weighted by Gasteiger charge is 2.40. The molecule has 0 fully saturated rings. The molecule has 1 N–H and O–H groups in total. The van der Waals surface area contributed by atoms with Crippen LogP contribution in [0.1, 0.15) is 72.0 Å². The highest BCUT2D eigenvalue weighted by atomic mass is 16.2. The molecule has 1 aliphatic heterocycles. The van der Waals surface area contributed by atoms with Crippen molar-refractivity contribution in [3.05, 3.63) is 52.3 Å². The Labute approximate surface area is 131 Å². The van der Waals surface area contributed by atoms with Crippen molar-refractivity contribution in [2.75, 3.05) is 6.54 Å². The van der Waals surface area contributed by atoms with Gasteiger partial charge in [-0.05, 0) is 30.4 Å². The van der Waals surface area contributed by atoms with E-state index >= 15 is 0 Å². The van der Waals surface area contributed by atoms with Gasteiger partial charge in [-0.25, -0.2) is 0 Å². The quantitative estimate of drug-likeness (QED) is 0.933. The third kappa shape index (κ3) is 2.23. The molecule has 2 aromatic rings. The van der Waals surface area contributed by atoms with Crippen molar-refractivity contribution in [1.29, 1.82) is 0 Å². The Bertz CT molecular complexity index is 685. The van der Waals surface area contributed by atoms with Crippen molar-refractivity contribution in [1.82, 2.24) is 15.1 Å². The normalized spacial score (nSPS) is 17.4.